The number of rotatable bonds is 4. The van der Waals surface area contributed by atoms with E-state index in [1.165, 1.54) is 10.7 Å². The van der Waals surface area contributed by atoms with Crippen molar-refractivity contribution < 1.29 is 13.6 Å². The molecule has 2 rings (SSSR count). The zero-order valence-corrected chi connectivity index (χ0v) is 9.88. The Morgan fingerprint density at radius 3 is 2.89 bits per heavy atom. The molecule has 19 heavy (non-hydrogen) atoms. The van der Waals surface area contributed by atoms with Crippen molar-refractivity contribution in [2.45, 2.75) is 6.43 Å². The third-order valence-corrected chi connectivity index (χ3v) is 2.37. The monoisotopic (exact) mass is 266 g/mol. The van der Waals surface area contributed by atoms with E-state index in [9.17, 15) is 13.6 Å². The zero-order valence-electron chi connectivity index (χ0n) is 9.88. The van der Waals surface area contributed by atoms with E-state index in [4.69, 9.17) is 5.73 Å². The highest BCUT2D eigenvalue weighted by Crippen LogP contribution is 2.11. The molecule has 0 radical (unpaired) electrons. The molecule has 0 spiro atoms. The minimum Gasteiger partial charge on any atom is -0.399 e. The Labute approximate surface area is 108 Å². The molecule has 2 aromatic rings. The van der Waals surface area contributed by atoms with E-state index < -0.39 is 18.9 Å². The van der Waals surface area contributed by atoms with E-state index in [0.29, 0.717) is 11.4 Å². The SMILES string of the molecule is Nc1cccc(-n2ccc(C(=O)NCC(F)F)n2)c1. The highest BCUT2D eigenvalue weighted by atomic mass is 19.3. The van der Waals surface area contributed by atoms with Crippen molar-refractivity contribution in [3.8, 4) is 5.69 Å². The number of halogens is 2. The lowest BCUT2D eigenvalue weighted by atomic mass is 10.3. The van der Waals surface area contributed by atoms with Gasteiger partial charge in [-0.3, -0.25) is 4.79 Å². The Hall–Kier alpha value is -2.44. The zero-order chi connectivity index (χ0) is 13.8. The lowest BCUT2D eigenvalue weighted by Crippen LogP contribution is -2.28. The summed E-state index contributed by atoms with van der Waals surface area (Å²) in [5, 5.41) is 6.09. The number of hydrogen-bond donors (Lipinski definition) is 2. The number of aromatic nitrogens is 2. The Balaban J connectivity index is 2.13. The topological polar surface area (TPSA) is 72.9 Å². The summed E-state index contributed by atoms with van der Waals surface area (Å²) in [4.78, 5) is 11.5. The highest BCUT2D eigenvalue weighted by molar-refractivity contribution is 5.92. The number of carbonyl (C=O) groups excluding carboxylic acids is 1. The average molecular weight is 266 g/mol. The van der Waals surface area contributed by atoms with Gasteiger partial charge >= 0.3 is 0 Å². The van der Waals surface area contributed by atoms with Gasteiger partial charge in [0.2, 0.25) is 0 Å². The van der Waals surface area contributed by atoms with Crippen molar-refractivity contribution in [3.05, 3.63) is 42.2 Å². The van der Waals surface area contributed by atoms with Gasteiger partial charge in [0.25, 0.3) is 12.3 Å². The molecule has 0 aliphatic heterocycles. The Kier molecular flexibility index (Phi) is 3.74. The van der Waals surface area contributed by atoms with Crippen molar-refractivity contribution in [1.82, 2.24) is 15.1 Å². The van der Waals surface area contributed by atoms with Crippen LogP contribution in [0.25, 0.3) is 5.69 Å². The molecule has 0 aliphatic carbocycles. The summed E-state index contributed by atoms with van der Waals surface area (Å²) in [6.07, 6.45) is -1.02. The maximum Gasteiger partial charge on any atom is 0.271 e. The van der Waals surface area contributed by atoms with Gasteiger partial charge in [0.05, 0.1) is 12.2 Å². The first-order valence-corrected chi connectivity index (χ1v) is 5.54. The van der Waals surface area contributed by atoms with Gasteiger partial charge in [-0.25, -0.2) is 13.5 Å². The molecule has 100 valence electrons. The van der Waals surface area contributed by atoms with Gasteiger partial charge in [-0.2, -0.15) is 5.10 Å². The van der Waals surface area contributed by atoms with Crippen LogP contribution in [-0.4, -0.2) is 28.7 Å². The second kappa shape index (κ2) is 5.47. The molecule has 1 amide bonds. The van der Waals surface area contributed by atoms with Crippen LogP contribution in [0, 0.1) is 0 Å². The maximum absolute atomic E-state index is 12.0. The first-order chi connectivity index (χ1) is 9.06. The Bertz CT molecular complexity index is 583. The van der Waals surface area contributed by atoms with Gasteiger partial charge in [-0.05, 0) is 24.3 Å². The number of nitrogens with two attached hydrogens (primary N) is 1. The molecule has 0 aliphatic rings. The van der Waals surface area contributed by atoms with Crippen LogP contribution >= 0.6 is 0 Å². The van der Waals surface area contributed by atoms with E-state index in [1.54, 1.807) is 30.5 Å². The minimum atomic E-state index is -2.58. The van der Waals surface area contributed by atoms with Gasteiger partial charge in [-0.15, -0.1) is 0 Å². The largest absolute Gasteiger partial charge is 0.399 e. The van der Waals surface area contributed by atoms with E-state index in [2.05, 4.69) is 10.4 Å². The van der Waals surface area contributed by atoms with Crippen molar-refractivity contribution in [2.75, 3.05) is 12.3 Å². The van der Waals surface area contributed by atoms with Crippen LogP contribution in [0.4, 0.5) is 14.5 Å². The summed E-state index contributed by atoms with van der Waals surface area (Å²) in [6, 6.07) is 8.38. The molecular weight excluding hydrogens is 254 g/mol. The molecule has 0 unspecified atom stereocenters. The molecule has 3 N–H and O–H groups in total. The fourth-order valence-electron chi connectivity index (χ4n) is 1.52. The van der Waals surface area contributed by atoms with Gasteiger partial charge < -0.3 is 11.1 Å². The summed E-state index contributed by atoms with van der Waals surface area (Å²) in [5.41, 5.74) is 6.97. The van der Waals surface area contributed by atoms with Gasteiger partial charge in [0, 0.05) is 11.9 Å². The number of alkyl halides is 2. The minimum absolute atomic E-state index is 0.0723. The predicted molar refractivity (Wildman–Crippen MR) is 66.3 cm³/mol. The standard InChI is InChI=1S/C12H12F2N4O/c13-11(14)7-16-12(19)10-4-5-18(17-10)9-3-1-2-8(15)6-9/h1-6,11H,7,15H2,(H,16,19). The molecule has 0 fully saturated rings. The maximum atomic E-state index is 12.0. The highest BCUT2D eigenvalue weighted by Gasteiger charge is 2.12. The van der Waals surface area contributed by atoms with E-state index in [-0.39, 0.29) is 5.69 Å². The summed E-state index contributed by atoms with van der Waals surface area (Å²) >= 11 is 0. The number of amides is 1. The van der Waals surface area contributed by atoms with E-state index in [0.717, 1.165) is 0 Å². The molecule has 0 atom stereocenters. The lowest BCUT2D eigenvalue weighted by molar-refractivity contribution is 0.0886. The molecule has 1 aromatic heterocycles. The van der Waals surface area contributed by atoms with Crippen LogP contribution < -0.4 is 11.1 Å². The number of carbonyl (C=O) groups is 1. The summed E-state index contributed by atoms with van der Waals surface area (Å²) < 4.78 is 25.4. The number of hydrogen-bond acceptors (Lipinski definition) is 3. The molecule has 1 aromatic carbocycles. The summed E-state index contributed by atoms with van der Waals surface area (Å²) in [5.74, 6) is -0.636. The second-order valence-electron chi connectivity index (χ2n) is 3.84. The number of anilines is 1. The third kappa shape index (κ3) is 3.27. The second-order valence-corrected chi connectivity index (χ2v) is 3.84. The molecule has 0 bridgehead atoms. The number of nitrogens with one attached hydrogen (secondary N) is 1. The van der Waals surface area contributed by atoms with Gasteiger partial charge in [0.1, 0.15) is 0 Å². The quantitative estimate of drug-likeness (QED) is 0.823. The van der Waals surface area contributed by atoms with E-state index in [1.807, 2.05) is 0 Å². The number of nitrogens with zero attached hydrogens (tertiary/aromatic N) is 2. The van der Waals surface area contributed by atoms with Gasteiger partial charge in [0.15, 0.2) is 5.69 Å². The van der Waals surface area contributed by atoms with Crippen LogP contribution in [0.1, 0.15) is 10.5 Å². The number of nitrogen functional groups attached to an aromatic ring is 1. The van der Waals surface area contributed by atoms with Crippen LogP contribution in [-0.2, 0) is 0 Å². The molecular formula is C12H12F2N4O. The Morgan fingerprint density at radius 1 is 1.42 bits per heavy atom. The van der Waals surface area contributed by atoms with Crippen LogP contribution in [0.5, 0.6) is 0 Å². The summed E-state index contributed by atoms with van der Waals surface area (Å²) in [7, 11) is 0. The Morgan fingerprint density at radius 2 is 2.21 bits per heavy atom. The third-order valence-electron chi connectivity index (χ3n) is 2.37. The predicted octanol–water partition coefficient (Wildman–Crippen LogP) is 1.45. The van der Waals surface area contributed by atoms with Crippen LogP contribution in [0.2, 0.25) is 0 Å². The molecule has 1 heterocycles. The van der Waals surface area contributed by atoms with Gasteiger partial charge in [-0.1, -0.05) is 6.07 Å². The van der Waals surface area contributed by atoms with Crippen molar-refractivity contribution in [3.63, 3.8) is 0 Å². The van der Waals surface area contributed by atoms with Crippen molar-refractivity contribution >= 4 is 11.6 Å². The summed E-state index contributed by atoms with van der Waals surface area (Å²) in [6.45, 7) is -0.690. The number of benzene rings is 1. The van der Waals surface area contributed by atoms with Crippen molar-refractivity contribution in [1.29, 1.82) is 0 Å². The molecule has 5 nitrogen and oxygen atoms in total. The average Bonchev–Trinajstić information content (AvgIpc) is 2.85. The molecule has 0 saturated carbocycles. The lowest BCUT2D eigenvalue weighted by Gasteiger charge is -2.03. The first-order valence-electron chi connectivity index (χ1n) is 5.54. The molecule has 0 saturated heterocycles. The molecule has 7 heteroatoms. The van der Waals surface area contributed by atoms with Crippen LogP contribution in [0.15, 0.2) is 36.5 Å². The fraction of sp³-hybridized carbons (Fsp3) is 0.167. The van der Waals surface area contributed by atoms with Crippen molar-refractivity contribution in [2.24, 2.45) is 0 Å². The normalized spacial score (nSPS) is 10.7. The van der Waals surface area contributed by atoms with Crippen LogP contribution in [0.3, 0.4) is 0 Å². The fourth-order valence-corrected chi connectivity index (χ4v) is 1.52. The van der Waals surface area contributed by atoms with E-state index >= 15 is 0 Å². The first kappa shape index (κ1) is 13.0. The smallest absolute Gasteiger partial charge is 0.271 e.